The Bertz CT molecular complexity index is 897. The number of benzene rings is 1. The molecule has 1 aromatic heterocycles. The average Bonchev–Trinajstić information content (AvgIpc) is 2.50. The van der Waals surface area contributed by atoms with Crippen LogP contribution >= 0.6 is 0 Å². The normalized spacial score (nSPS) is 10.7. The highest BCUT2D eigenvalue weighted by molar-refractivity contribution is 5.86. The molecule has 0 saturated carbocycles. The topological polar surface area (TPSA) is 124 Å². The lowest BCUT2D eigenvalue weighted by Gasteiger charge is -2.01. The van der Waals surface area contributed by atoms with Gasteiger partial charge in [-0.1, -0.05) is 0 Å². The molecule has 0 atom stereocenters. The van der Waals surface area contributed by atoms with E-state index in [0.29, 0.717) is 10.8 Å². The van der Waals surface area contributed by atoms with E-state index >= 15 is 0 Å². The third kappa shape index (κ3) is 3.97. The maximum Gasteiger partial charge on any atom is 0.337 e. The van der Waals surface area contributed by atoms with Crippen LogP contribution in [-0.2, 0) is 4.79 Å². The summed E-state index contributed by atoms with van der Waals surface area (Å²) in [5, 5.41) is 10.5. The second-order valence-corrected chi connectivity index (χ2v) is 4.13. The van der Waals surface area contributed by atoms with Crippen molar-refractivity contribution in [3.05, 3.63) is 73.3 Å². The number of nitrogens with one attached hydrogen (secondary N) is 1. The SMILES string of the molecule is O=C(/C=C/n1cc(F)c(=O)[nH]c1=O)Oc1ccc([N+](=O)[O-])cc1. The van der Waals surface area contributed by atoms with Gasteiger partial charge in [0.25, 0.3) is 11.2 Å². The van der Waals surface area contributed by atoms with Gasteiger partial charge in [-0.3, -0.25) is 24.5 Å². The number of nitro groups is 1. The van der Waals surface area contributed by atoms with Crippen molar-refractivity contribution in [1.29, 1.82) is 0 Å². The minimum absolute atomic E-state index is 0.0465. The number of ether oxygens (including phenoxy) is 1. The number of rotatable bonds is 4. The number of aromatic nitrogens is 2. The van der Waals surface area contributed by atoms with Crippen LogP contribution in [0, 0.1) is 15.9 Å². The smallest absolute Gasteiger partial charge is 0.337 e. The van der Waals surface area contributed by atoms with Crippen LogP contribution in [0.4, 0.5) is 10.1 Å². The maximum atomic E-state index is 13.0. The molecule has 9 nitrogen and oxygen atoms in total. The quantitative estimate of drug-likeness (QED) is 0.290. The number of hydrogen-bond acceptors (Lipinski definition) is 6. The summed E-state index contributed by atoms with van der Waals surface area (Å²) in [6.07, 6.45) is 2.33. The molecule has 1 aromatic carbocycles. The Morgan fingerprint density at radius 3 is 2.57 bits per heavy atom. The molecule has 0 fully saturated rings. The van der Waals surface area contributed by atoms with Gasteiger partial charge in [-0.05, 0) is 12.1 Å². The Labute approximate surface area is 126 Å². The van der Waals surface area contributed by atoms with Gasteiger partial charge in [-0.25, -0.2) is 9.59 Å². The molecule has 0 saturated heterocycles. The highest BCUT2D eigenvalue weighted by Crippen LogP contribution is 2.17. The summed E-state index contributed by atoms with van der Waals surface area (Å²) in [6, 6.07) is 4.73. The molecule has 118 valence electrons. The molecule has 10 heteroatoms. The summed E-state index contributed by atoms with van der Waals surface area (Å²) in [6.45, 7) is 0. The molecule has 0 unspecified atom stereocenters. The van der Waals surface area contributed by atoms with Crippen LogP contribution < -0.4 is 16.0 Å². The van der Waals surface area contributed by atoms with Gasteiger partial charge in [0.2, 0.25) is 5.82 Å². The molecule has 1 N–H and O–H groups in total. The number of nitrogens with zero attached hydrogens (tertiary/aromatic N) is 2. The zero-order valence-corrected chi connectivity index (χ0v) is 11.3. The van der Waals surface area contributed by atoms with Gasteiger partial charge >= 0.3 is 11.7 Å². The Morgan fingerprint density at radius 2 is 1.96 bits per heavy atom. The number of hydrogen-bond donors (Lipinski definition) is 1. The maximum absolute atomic E-state index is 13.0. The Hall–Kier alpha value is -3.56. The number of carbonyl (C=O) groups excluding carboxylic acids is 1. The van der Waals surface area contributed by atoms with E-state index in [2.05, 4.69) is 0 Å². The molecule has 2 rings (SSSR count). The number of H-pyrrole nitrogens is 1. The van der Waals surface area contributed by atoms with Gasteiger partial charge in [0.15, 0.2) is 0 Å². The van der Waals surface area contributed by atoms with Crippen molar-refractivity contribution in [3.63, 3.8) is 0 Å². The lowest BCUT2D eigenvalue weighted by atomic mass is 10.3. The van der Waals surface area contributed by atoms with Crippen LogP contribution in [-0.4, -0.2) is 20.4 Å². The lowest BCUT2D eigenvalue weighted by Crippen LogP contribution is -2.29. The Kier molecular flexibility index (Phi) is 4.45. The standard InChI is InChI=1S/C13H8FN3O6/c14-10-7-16(13(20)15-12(10)19)6-5-11(18)23-9-3-1-8(2-4-9)17(21)22/h1-7H,(H,15,19,20)/b6-5+. The van der Waals surface area contributed by atoms with Gasteiger partial charge in [-0.15, -0.1) is 0 Å². The molecule has 0 bridgehead atoms. The zero-order chi connectivity index (χ0) is 17.0. The summed E-state index contributed by atoms with van der Waals surface area (Å²) < 4.78 is 18.5. The summed E-state index contributed by atoms with van der Waals surface area (Å²) >= 11 is 0. The Morgan fingerprint density at radius 1 is 1.30 bits per heavy atom. The van der Waals surface area contributed by atoms with Crippen molar-refractivity contribution >= 4 is 17.9 Å². The molecular formula is C13H8FN3O6. The largest absolute Gasteiger partial charge is 0.423 e. The first-order chi connectivity index (χ1) is 10.9. The van der Waals surface area contributed by atoms with E-state index in [1.165, 1.54) is 12.1 Å². The number of aromatic amines is 1. The van der Waals surface area contributed by atoms with E-state index in [4.69, 9.17) is 4.74 Å². The van der Waals surface area contributed by atoms with Crippen LogP contribution in [0.5, 0.6) is 5.75 Å². The van der Waals surface area contributed by atoms with Crippen molar-refractivity contribution in [2.24, 2.45) is 0 Å². The minimum Gasteiger partial charge on any atom is -0.423 e. The second-order valence-electron chi connectivity index (χ2n) is 4.13. The molecule has 0 aliphatic heterocycles. The number of nitro benzene ring substituents is 1. The highest BCUT2D eigenvalue weighted by Gasteiger charge is 2.07. The predicted molar refractivity (Wildman–Crippen MR) is 75.3 cm³/mol. The zero-order valence-electron chi connectivity index (χ0n) is 11.3. The fourth-order valence-electron chi connectivity index (χ4n) is 1.50. The van der Waals surface area contributed by atoms with E-state index < -0.39 is 28.0 Å². The van der Waals surface area contributed by atoms with Gasteiger partial charge in [0, 0.05) is 24.4 Å². The number of halogens is 1. The molecule has 0 aliphatic rings. The summed E-state index contributed by atoms with van der Waals surface area (Å²) in [5.41, 5.74) is -2.28. The number of carbonyl (C=O) groups is 1. The van der Waals surface area contributed by atoms with Crippen LogP contribution in [0.2, 0.25) is 0 Å². The minimum atomic E-state index is -1.20. The van der Waals surface area contributed by atoms with Crippen molar-refractivity contribution in [2.75, 3.05) is 0 Å². The third-order valence-electron chi connectivity index (χ3n) is 2.56. The van der Waals surface area contributed by atoms with Gasteiger partial charge in [0.05, 0.1) is 11.1 Å². The molecule has 0 spiro atoms. The lowest BCUT2D eigenvalue weighted by molar-refractivity contribution is -0.384. The van der Waals surface area contributed by atoms with Gasteiger partial charge < -0.3 is 4.74 Å². The third-order valence-corrected chi connectivity index (χ3v) is 2.56. The fourth-order valence-corrected chi connectivity index (χ4v) is 1.50. The number of esters is 1. The first kappa shape index (κ1) is 15.8. The van der Waals surface area contributed by atoms with Crippen molar-refractivity contribution < 1.29 is 18.8 Å². The summed E-state index contributed by atoms with van der Waals surface area (Å²) in [4.78, 5) is 45.3. The van der Waals surface area contributed by atoms with Crippen LogP contribution in [0.3, 0.4) is 0 Å². The van der Waals surface area contributed by atoms with E-state index in [0.717, 1.165) is 24.4 Å². The van der Waals surface area contributed by atoms with Crippen LogP contribution in [0.1, 0.15) is 0 Å². The molecule has 2 aromatic rings. The average molecular weight is 321 g/mol. The highest BCUT2D eigenvalue weighted by atomic mass is 19.1. The van der Waals surface area contributed by atoms with E-state index in [9.17, 15) is 28.9 Å². The summed E-state index contributed by atoms with van der Waals surface area (Å²) in [7, 11) is 0. The van der Waals surface area contributed by atoms with Gasteiger partial charge in [0.1, 0.15) is 5.75 Å². The monoisotopic (exact) mass is 321 g/mol. The molecule has 0 amide bonds. The molecule has 0 radical (unpaired) electrons. The molecular weight excluding hydrogens is 313 g/mol. The Balaban J connectivity index is 2.10. The van der Waals surface area contributed by atoms with Crippen LogP contribution in [0.25, 0.3) is 6.20 Å². The first-order valence-electron chi connectivity index (χ1n) is 6.02. The molecule has 1 heterocycles. The summed E-state index contributed by atoms with van der Waals surface area (Å²) in [5.74, 6) is -2.06. The van der Waals surface area contributed by atoms with Crippen molar-refractivity contribution in [1.82, 2.24) is 9.55 Å². The van der Waals surface area contributed by atoms with E-state index in [-0.39, 0.29) is 11.4 Å². The fraction of sp³-hybridized carbons (Fsp3) is 0. The van der Waals surface area contributed by atoms with E-state index in [1.807, 2.05) is 0 Å². The van der Waals surface area contributed by atoms with Crippen molar-refractivity contribution in [3.8, 4) is 5.75 Å². The van der Waals surface area contributed by atoms with Gasteiger partial charge in [-0.2, -0.15) is 4.39 Å². The second kappa shape index (κ2) is 6.47. The van der Waals surface area contributed by atoms with Crippen LogP contribution in [0.15, 0.2) is 46.1 Å². The van der Waals surface area contributed by atoms with E-state index in [1.54, 1.807) is 4.98 Å². The molecule has 0 aliphatic carbocycles. The molecule has 23 heavy (non-hydrogen) atoms. The predicted octanol–water partition coefficient (Wildman–Crippen LogP) is 0.660. The van der Waals surface area contributed by atoms with Crippen molar-refractivity contribution in [2.45, 2.75) is 0 Å². The first-order valence-corrected chi connectivity index (χ1v) is 6.02. The number of non-ortho nitro benzene ring substituents is 1.